The zero-order valence-corrected chi connectivity index (χ0v) is 18.4. The van der Waals surface area contributed by atoms with E-state index < -0.39 is 10.0 Å². The first-order valence-corrected chi connectivity index (χ1v) is 11.7. The summed E-state index contributed by atoms with van der Waals surface area (Å²) in [5.74, 6) is 1.51. The number of rotatable bonds is 10. The van der Waals surface area contributed by atoms with E-state index in [2.05, 4.69) is 20.2 Å². The van der Waals surface area contributed by atoms with Gasteiger partial charge in [-0.15, -0.1) is 0 Å². The van der Waals surface area contributed by atoms with E-state index in [-0.39, 0.29) is 18.5 Å². The third-order valence-corrected chi connectivity index (χ3v) is 6.15. The van der Waals surface area contributed by atoms with Gasteiger partial charge in [0.25, 0.3) is 0 Å². The van der Waals surface area contributed by atoms with Gasteiger partial charge in [-0.05, 0) is 32.9 Å². The smallest absolute Gasteiger partial charge is 0.216 e. The number of guanidine groups is 1. The molecule has 0 radical (unpaired) electrons. The number of piperazine rings is 1. The molecule has 0 bridgehead atoms. The maximum atomic E-state index is 12.5. The molecule has 0 spiro atoms. The molecule has 2 heterocycles. The molecule has 1 aromatic rings. The van der Waals surface area contributed by atoms with Gasteiger partial charge >= 0.3 is 0 Å². The number of aliphatic imine (C=N–C) groups is 1. The van der Waals surface area contributed by atoms with Crippen molar-refractivity contribution in [3.05, 3.63) is 24.5 Å². The van der Waals surface area contributed by atoms with Crippen LogP contribution in [0.5, 0.6) is 5.75 Å². The zero-order valence-electron chi connectivity index (χ0n) is 17.6. The fraction of sp³-hybridized carbons (Fsp3) is 0.684. The molecule has 1 aliphatic rings. The van der Waals surface area contributed by atoms with Gasteiger partial charge in [0.2, 0.25) is 10.0 Å². The van der Waals surface area contributed by atoms with Gasteiger partial charge in [0.15, 0.2) is 5.96 Å². The van der Waals surface area contributed by atoms with Crippen LogP contribution in [0.3, 0.4) is 0 Å². The van der Waals surface area contributed by atoms with Crippen LogP contribution in [-0.4, -0.2) is 92.9 Å². The molecule has 9 nitrogen and oxygen atoms in total. The van der Waals surface area contributed by atoms with Crippen LogP contribution in [0.25, 0.3) is 0 Å². The molecule has 10 heteroatoms. The topological polar surface area (TPSA) is 96.4 Å². The summed E-state index contributed by atoms with van der Waals surface area (Å²) in [5, 5.41) is 3.27. The quantitative estimate of drug-likeness (QED) is 0.335. The molecular formula is C19H33N5O4S. The number of aromatic nitrogens is 1. The third kappa shape index (κ3) is 8.15. The van der Waals surface area contributed by atoms with E-state index in [9.17, 15) is 8.42 Å². The van der Waals surface area contributed by atoms with Crippen molar-refractivity contribution in [3.8, 4) is 5.75 Å². The summed E-state index contributed by atoms with van der Waals surface area (Å²) < 4.78 is 37.5. The molecule has 1 fully saturated rings. The summed E-state index contributed by atoms with van der Waals surface area (Å²) in [6, 6.07) is 3.68. The number of ether oxygens (including phenoxy) is 2. The molecule has 2 rings (SSSR count). The van der Waals surface area contributed by atoms with E-state index in [0.717, 1.165) is 12.5 Å². The standard InChI is InChI=1S/C19H33N5O4S/c1-4-21-19(22-8-13-28-18-6-5-7-20-16-18)23-9-11-24(12-10-23)29(25,26)15-14-27-17(2)3/h5-7,16-17H,4,8-15H2,1-3H3,(H,21,22). The molecule has 1 N–H and O–H groups in total. The fourth-order valence-corrected chi connectivity index (χ4v) is 4.15. The Morgan fingerprint density at radius 1 is 1.28 bits per heavy atom. The molecule has 0 unspecified atom stereocenters. The lowest BCUT2D eigenvalue weighted by Crippen LogP contribution is -2.54. The SMILES string of the molecule is CCNC(=NCCOc1cccnc1)N1CCN(S(=O)(=O)CCOC(C)C)CC1. The predicted octanol–water partition coefficient (Wildman–Crippen LogP) is 0.798. The maximum absolute atomic E-state index is 12.5. The summed E-state index contributed by atoms with van der Waals surface area (Å²) in [5.41, 5.74) is 0. The first-order chi connectivity index (χ1) is 13.9. The number of nitrogens with one attached hydrogen (secondary N) is 1. The molecular weight excluding hydrogens is 394 g/mol. The van der Waals surface area contributed by atoms with Gasteiger partial charge in [0.05, 0.1) is 31.2 Å². The highest BCUT2D eigenvalue weighted by atomic mass is 32.2. The first kappa shape index (κ1) is 23.4. The third-order valence-electron chi connectivity index (χ3n) is 4.31. The molecule has 1 aliphatic heterocycles. The second-order valence-electron chi connectivity index (χ2n) is 6.89. The Kier molecular flexibility index (Phi) is 9.62. The molecule has 0 saturated carbocycles. The highest BCUT2D eigenvalue weighted by Gasteiger charge is 2.27. The minimum absolute atomic E-state index is 0.0189. The van der Waals surface area contributed by atoms with E-state index in [1.807, 2.05) is 32.9 Å². The van der Waals surface area contributed by atoms with Gasteiger partial charge in [-0.3, -0.25) is 4.98 Å². The number of pyridine rings is 1. The van der Waals surface area contributed by atoms with E-state index >= 15 is 0 Å². The van der Waals surface area contributed by atoms with Crippen molar-refractivity contribution in [2.45, 2.75) is 26.9 Å². The van der Waals surface area contributed by atoms with Crippen molar-refractivity contribution in [2.24, 2.45) is 4.99 Å². The lowest BCUT2D eigenvalue weighted by Gasteiger charge is -2.35. The van der Waals surface area contributed by atoms with Gasteiger partial charge in [-0.1, -0.05) is 0 Å². The summed E-state index contributed by atoms with van der Waals surface area (Å²) >= 11 is 0. The normalized spacial score (nSPS) is 16.3. The number of sulfonamides is 1. The van der Waals surface area contributed by atoms with Crippen LogP contribution < -0.4 is 10.1 Å². The summed E-state index contributed by atoms with van der Waals surface area (Å²) in [6.07, 6.45) is 3.40. The average Bonchev–Trinajstić information content (AvgIpc) is 2.71. The lowest BCUT2D eigenvalue weighted by atomic mass is 10.4. The summed E-state index contributed by atoms with van der Waals surface area (Å²) in [7, 11) is -3.30. The van der Waals surface area contributed by atoms with Gasteiger partial charge in [0, 0.05) is 38.9 Å². The zero-order chi connectivity index (χ0) is 21.1. The lowest BCUT2D eigenvalue weighted by molar-refractivity contribution is 0.0904. The van der Waals surface area contributed by atoms with Crippen molar-refractivity contribution in [1.29, 1.82) is 0 Å². The largest absolute Gasteiger partial charge is 0.490 e. The van der Waals surface area contributed by atoms with Crippen LogP contribution in [0.2, 0.25) is 0 Å². The number of hydrogen-bond donors (Lipinski definition) is 1. The highest BCUT2D eigenvalue weighted by Crippen LogP contribution is 2.09. The van der Waals surface area contributed by atoms with Crippen molar-refractivity contribution < 1.29 is 17.9 Å². The second-order valence-corrected chi connectivity index (χ2v) is 8.98. The molecule has 164 valence electrons. The van der Waals surface area contributed by atoms with Gasteiger partial charge in [-0.25, -0.2) is 13.4 Å². The van der Waals surface area contributed by atoms with Gasteiger partial charge in [0.1, 0.15) is 12.4 Å². The van der Waals surface area contributed by atoms with Crippen LogP contribution >= 0.6 is 0 Å². The molecule has 0 aromatic carbocycles. The first-order valence-electron chi connectivity index (χ1n) is 10.1. The van der Waals surface area contributed by atoms with Crippen molar-refractivity contribution in [2.75, 3.05) is 58.2 Å². The number of hydrogen-bond acceptors (Lipinski definition) is 6. The molecule has 1 saturated heterocycles. The van der Waals surface area contributed by atoms with Crippen molar-refractivity contribution in [1.82, 2.24) is 19.5 Å². The minimum Gasteiger partial charge on any atom is -0.490 e. The maximum Gasteiger partial charge on any atom is 0.216 e. The van der Waals surface area contributed by atoms with Crippen LogP contribution in [0, 0.1) is 0 Å². The molecule has 29 heavy (non-hydrogen) atoms. The molecule has 0 amide bonds. The summed E-state index contributed by atoms with van der Waals surface area (Å²) in [4.78, 5) is 10.7. The van der Waals surface area contributed by atoms with E-state index in [1.54, 1.807) is 16.7 Å². The van der Waals surface area contributed by atoms with E-state index in [1.165, 1.54) is 0 Å². The van der Waals surface area contributed by atoms with Crippen molar-refractivity contribution >= 4 is 16.0 Å². The number of nitrogens with zero attached hydrogens (tertiary/aromatic N) is 4. The van der Waals surface area contributed by atoms with Gasteiger partial charge < -0.3 is 19.7 Å². The molecule has 0 aliphatic carbocycles. The van der Waals surface area contributed by atoms with E-state index in [0.29, 0.717) is 45.1 Å². The Morgan fingerprint density at radius 2 is 2.03 bits per heavy atom. The Balaban J connectivity index is 1.82. The highest BCUT2D eigenvalue weighted by molar-refractivity contribution is 7.89. The minimum atomic E-state index is -3.30. The Morgan fingerprint density at radius 3 is 2.66 bits per heavy atom. The summed E-state index contributed by atoms with van der Waals surface area (Å²) in [6.45, 7) is 9.81. The van der Waals surface area contributed by atoms with E-state index in [4.69, 9.17) is 9.47 Å². The van der Waals surface area contributed by atoms with Gasteiger partial charge in [-0.2, -0.15) is 4.31 Å². The Bertz CT molecular complexity index is 719. The van der Waals surface area contributed by atoms with Crippen molar-refractivity contribution in [3.63, 3.8) is 0 Å². The fourth-order valence-electron chi connectivity index (χ4n) is 2.87. The predicted molar refractivity (Wildman–Crippen MR) is 114 cm³/mol. The Labute approximate surface area is 174 Å². The monoisotopic (exact) mass is 427 g/mol. The van der Waals surface area contributed by atoms with Crippen LogP contribution in [0.4, 0.5) is 0 Å². The van der Waals surface area contributed by atoms with Crippen LogP contribution in [0.15, 0.2) is 29.5 Å². The van der Waals surface area contributed by atoms with Crippen LogP contribution in [-0.2, 0) is 14.8 Å². The van der Waals surface area contributed by atoms with Crippen LogP contribution in [0.1, 0.15) is 20.8 Å². The molecule has 0 atom stereocenters. The average molecular weight is 428 g/mol. The molecule has 1 aromatic heterocycles. The second kappa shape index (κ2) is 11.9. The Hall–Kier alpha value is -1.91.